The Morgan fingerprint density at radius 2 is 2.26 bits per heavy atom. The van der Waals surface area contributed by atoms with Crippen LogP contribution in [0.2, 0.25) is 0 Å². The Morgan fingerprint density at radius 3 is 2.89 bits per heavy atom. The summed E-state index contributed by atoms with van der Waals surface area (Å²) in [6.07, 6.45) is -2.72. The van der Waals surface area contributed by atoms with Crippen LogP contribution in [0.15, 0.2) is 23.3 Å². The van der Waals surface area contributed by atoms with Gasteiger partial charge in [-0.15, -0.1) is 0 Å². The third-order valence-electron chi connectivity index (χ3n) is 2.72. The lowest BCUT2D eigenvalue weighted by molar-refractivity contribution is -0.137. The second-order valence-electron chi connectivity index (χ2n) is 4.45. The molecule has 2 heterocycles. The largest absolute Gasteiger partial charge is 0.416 e. The minimum absolute atomic E-state index is 0.300. The van der Waals surface area contributed by atoms with Crippen LogP contribution in [-0.2, 0) is 12.6 Å². The van der Waals surface area contributed by atoms with E-state index in [0.29, 0.717) is 37.2 Å². The predicted molar refractivity (Wildman–Crippen MR) is 65.8 cm³/mol. The fraction of sp³-hybridized carbons (Fsp3) is 0.500. The van der Waals surface area contributed by atoms with Crippen molar-refractivity contribution >= 4 is 5.96 Å². The van der Waals surface area contributed by atoms with Crippen LogP contribution in [0.5, 0.6) is 0 Å². The molecule has 0 saturated heterocycles. The van der Waals surface area contributed by atoms with Crippen molar-refractivity contribution in [2.24, 2.45) is 4.99 Å². The molecule has 0 saturated carbocycles. The highest BCUT2D eigenvalue weighted by Crippen LogP contribution is 2.28. The number of aliphatic imine (C=N–C) groups is 1. The molecule has 2 N–H and O–H groups in total. The third-order valence-corrected chi connectivity index (χ3v) is 2.72. The van der Waals surface area contributed by atoms with Crippen LogP contribution in [0.1, 0.15) is 18.2 Å². The van der Waals surface area contributed by atoms with Gasteiger partial charge in [-0.1, -0.05) is 0 Å². The third kappa shape index (κ3) is 3.84. The van der Waals surface area contributed by atoms with Gasteiger partial charge in [-0.05, 0) is 19.1 Å². The number of pyridine rings is 1. The summed E-state index contributed by atoms with van der Waals surface area (Å²) in [5.41, 5.74) is -0.253. The van der Waals surface area contributed by atoms with Crippen LogP contribution < -0.4 is 10.6 Å². The van der Waals surface area contributed by atoms with Crippen molar-refractivity contribution in [3.8, 4) is 0 Å². The highest BCUT2D eigenvalue weighted by atomic mass is 19.4. The lowest BCUT2D eigenvalue weighted by Gasteiger charge is -2.10. The van der Waals surface area contributed by atoms with Crippen molar-refractivity contribution in [1.29, 1.82) is 0 Å². The van der Waals surface area contributed by atoms with Gasteiger partial charge in [0.05, 0.1) is 12.1 Å². The molecule has 0 fully saturated rings. The summed E-state index contributed by atoms with van der Waals surface area (Å²) in [5.74, 6) is 0.694. The molecule has 0 spiro atoms. The average Bonchev–Trinajstić information content (AvgIpc) is 2.74. The molecule has 4 nitrogen and oxygen atoms in total. The zero-order valence-electron chi connectivity index (χ0n) is 10.5. The van der Waals surface area contributed by atoms with E-state index < -0.39 is 11.7 Å². The maximum Gasteiger partial charge on any atom is 0.416 e. The molecular formula is C12H15F3N4. The first-order valence-electron chi connectivity index (χ1n) is 6.02. The molecule has 1 aromatic rings. The Balaban J connectivity index is 1.86. The Labute approximate surface area is 109 Å². The van der Waals surface area contributed by atoms with Gasteiger partial charge >= 0.3 is 6.18 Å². The van der Waals surface area contributed by atoms with Crippen molar-refractivity contribution in [3.05, 3.63) is 29.6 Å². The van der Waals surface area contributed by atoms with Crippen LogP contribution >= 0.6 is 0 Å². The molecule has 104 valence electrons. The van der Waals surface area contributed by atoms with Crippen LogP contribution in [0.25, 0.3) is 0 Å². The number of aromatic nitrogens is 1. The van der Waals surface area contributed by atoms with Gasteiger partial charge in [0.2, 0.25) is 0 Å². The molecule has 19 heavy (non-hydrogen) atoms. The number of nitrogens with one attached hydrogen (secondary N) is 2. The number of hydrogen-bond donors (Lipinski definition) is 2. The molecule has 2 rings (SSSR count). The number of rotatable bonds is 3. The fourth-order valence-electron chi connectivity index (χ4n) is 1.76. The van der Waals surface area contributed by atoms with E-state index in [1.807, 2.05) is 6.92 Å². The first-order chi connectivity index (χ1) is 8.95. The van der Waals surface area contributed by atoms with Gasteiger partial charge in [0.15, 0.2) is 5.96 Å². The minimum atomic E-state index is -4.32. The quantitative estimate of drug-likeness (QED) is 0.878. The summed E-state index contributed by atoms with van der Waals surface area (Å²) in [7, 11) is 0. The standard InChI is InChI=1S/C12H15F3N4/c1-8-7-18-11(19-8)17-5-3-10-6-9(2-4-16-10)12(13,14)15/h2,4,6,8H,3,5,7H2,1H3,(H2,17,18,19). The van der Waals surface area contributed by atoms with Crippen LogP contribution in [0.3, 0.4) is 0 Å². The average molecular weight is 272 g/mol. The second-order valence-corrected chi connectivity index (χ2v) is 4.45. The normalized spacial score (nSPS) is 18.9. The lowest BCUT2D eigenvalue weighted by atomic mass is 10.2. The summed E-state index contributed by atoms with van der Waals surface area (Å²) in [6.45, 7) is 3.21. The van der Waals surface area contributed by atoms with Gasteiger partial charge in [-0.2, -0.15) is 13.2 Å². The molecule has 1 aliphatic heterocycles. The second kappa shape index (κ2) is 5.46. The minimum Gasteiger partial charge on any atom is -0.356 e. The van der Waals surface area contributed by atoms with Crippen molar-refractivity contribution in [2.75, 3.05) is 13.1 Å². The van der Waals surface area contributed by atoms with E-state index in [2.05, 4.69) is 20.6 Å². The molecule has 1 aromatic heterocycles. The van der Waals surface area contributed by atoms with E-state index in [0.717, 1.165) is 12.1 Å². The molecule has 1 unspecified atom stereocenters. The zero-order valence-corrected chi connectivity index (χ0v) is 10.5. The fourth-order valence-corrected chi connectivity index (χ4v) is 1.76. The van der Waals surface area contributed by atoms with Gasteiger partial charge < -0.3 is 10.6 Å². The molecule has 0 amide bonds. The van der Waals surface area contributed by atoms with Gasteiger partial charge in [0, 0.05) is 30.9 Å². The SMILES string of the molecule is CC1CN=C(NCCc2cc(C(F)(F)F)ccn2)N1. The molecule has 0 aromatic carbocycles. The summed E-state index contributed by atoms with van der Waals surface area (Å²) in [5, 5.41) is 6.15. The Kier molecular flexibility index (Phi) is 3.92. The zero-order chi connectivity index (χ0) is 13.9. The highest BCUT2D eigenvalue weighted by molar-refractivity contribution is 5.81. The first-order valence-corrected chi connectivity index (χ1v) is 6.02. The topological polar surface area (TPSA) is 49.3 Å². The maximum atomic E-state index is 12.5. The van der Waals surface area contributed by atoms with Crippen LogP contribution in [0.4, 0.5) is 13.2 Å². The summed E-state index contributed by atoms with van der Waals surface area (Å²) < 4.78 is 37.5. The first kappa shape index (κ1) is 13.6. The van der Waals surface area contributed by atoms with Gasteiger partial charge in [0.25, 0.3) is 0 Å². The number of nitrogens with zero attached hydrogens (tertiary/aromatic N) is 2. The monoisotopic (exact) mass is 272 g/mol. The van der Waals surface area contributed by atoms with E-state index in [4.69, 9.17) is 0 Å². The smallest absolute Gasteiger partial charge is 0.356 e. The Hall–Kier alpha value is -1.79. The Bertz CT molecular complexity index is 470. The molecule has 0 radical (unpaired) electrons. The van der Waals surface area contributed by atoms with Crippen LogP contribution in [0, 0.1) is 0 Å². The lowest BCUT2D eigenvalue weighted by Crippen LogP contribution is -2.38. The van der Waals surface area contributed by atoms with E-state index in [9.17, 15) is 13.2 Å². The molecule has 0 bridgehead atoms. The number of halogens is 3. The summed E-state index contributed by atoms with van der Waals surface area (Å²) >= 11 is 0. The van der Waals surface area contributed by atoms with Crippen molar-refractivity contribution < 1.29 is 13.2 Å². The molecule has 0 aliphatic carbocycles. The van der Waals surface area contributed by atoms with Gasteiger partial charge in [-0.3, -0.25) is 9.98 Å². The van der Waals surface area contributed by atoms with Crippen molar-refractivity contribution in [3.63, 3.8) is 0 Å². The highest BCUT2D eigenvalue weighted by Gasteiger charge is 2.30. The molecule has 1 atom stereocenters. The Morgan fingerprint density at radius 1 is 1.47 bits per heavy atom. The van der Waals surface area contributed by atoms with E-state index >= 15 is 0 Å². The van der Waals surface area contributed by atoms with E-state index in [-0.39, 0.29) is 0 Å². The predicted octanol–water partition coefficient (Wildman–Crippen LogP) is 1.58. The van der Waals surface area contributed by atoms with E-state index in [1.54, 1.807) is 0 Å². The summed E-state index contributed by atoms with van der Waals surface area (Å²) in [4.78, 5) is 8.13. The number of alkyl halides is 3. The molecule has 7 heteroatoms. The van der Waals surface area contributed by atoms with Gasteiger partial charge in [0.1, 0.15) is 0 Å². The van der Waals surface area contributed by atoms with Gasteiger partial charge in [-0.25, -0.2) is 0 Å². The summed E-state index contributed by atoms with van der Waals surface area (Å²) in [6, 6.07) is 2.35. The van der Waals surface area contributed by atoms with Crippen LogP contribution in [-0.4, -0.2) is 30.1 Å². The molecular weight excluding hydrogens is 257 g/mol. The number of hydrogen-bond acceptors (Lipinski definition) is 4. The van der Waals surface area contributed by atoms with E-state index in [1.165, 1.54) is 6.20 Å². The van der Waals surface area contributed by atoms with Crippen molar-refractivity contribution in [2.45, 2.75) is 25.6 Å². The van der Waals surface area contributed by atoms with Crippen molar-refractivity contribution in [1.82, 2.24) is 15.6 Å². The molecule has 1 aliphatic rings. The maximum absolute atomic E-state index is 12.5. The number of guanidine groups is 1.